The SMILES string of the molecule is COc1ccc(-c2nc3cc(C)cc(Br)c3o2)cc1Br. The Morgan fingerprint density at radius 2 is 1.90 bits per heavy atom. The van der Waals surface area contributed by atoms with Gasteiger partial charge < -0.3 is 9.15 Å². The highest BCUT2D eigenvalue weighted by atomic mass is 79.9. The van der Waals surface area contributed by atoms with Crippen LogP contribution < -0.4 is 4.74 Å². The molecule has 0 atom stereocenters. The second-order valence-corrected chi connectivity index (χ2v) is 6.17. The predicted molar refractivity (Wildman–Crippen MR) is 86.1 cm³/mol. The van der Waals surface area contributed by atoms with E-state index in [0.29, 0.717) is 5.89 Å². The Kier molecular flexibility index (Phi) is 3.56. The second-order valence-electron chi connectivity index (χ2n) is 4.46. The zero-order valence-electron chi connectivity index (χ0n) is 10.9. The molecular weight excluding hydrogens is 386 g/mol. The first-order valence-corrected chi connectivity index (χ1v) is 7.57. The van der Waals surface area contributed by atoms with Gasteiger partial charge in [-0.05, 0) is 74.7 Å². The smallest absolute Gasteiger partial charge is 0.227 e. The van der Waals surface area contributed by atoms with Crippen molar-refractivity contribution in [1.29, 1.82) is 0 Å². The summed E-state index contributed by atoms with van der Waals surface area (Å²) >= 11 is 6.98. The van der Waals surface area contributed by atoms with Crippen LogP contribution in [-0.2, 0) is 0 Å². The monoisotopic (exact) mass is 395 g/mol. The summed E-state index contributed by atoms with van der Waals surface area (Å²) in [4.78, 5) is 4.54. The Hall–Kier alpha value is -1.33. The van der Waals surface area contributed by atoms with E-state index in [9.17, 15) is 0 Å². The quantitative estimate of drug-likeness (QED) is 0.586. The van der Waals surface area contributed by atoms with E-state index in [1.807, 2.05) is 37.3 Å². The Balaban J connectivity index is 2.15. The third-order valence-corrected chi connectivity index (χ3v) is 4.20. The number of ether oxygens (including phenoxy) is 1. The van der Waals surface area contributed by atoms with Crippen LogP contribution in [0.2, 0.25) is 0 Å². The normalized spacial score (nSPS) is 11.0. The molecule has 0 aliphatic rings. The summed E-state index contributed by atoms with van der Waals surface area (Å²) in [6, 6.07) is 9.76. The first kappa shape index (κ1) is 13.6. The minimum absolute atomic E-state index is 0.592. The zero-order valence-corrected chi connectivity index (χ0v) is 14.1. The molecule has 0 amide bonds. The molecule has 0 radical (unpaired) electrons. The van der Waals surface area contributed by atoms with Crippen molar-refractivity contribution in [3.8, 4) is 17.2 Å². The fourth-order valence-electron chi connectivity index (χ4n) is 2.05. The third-order valence-electron chi connectivity index (χ3n) is 2.99. The van der Waals surface area contributed by atoms with Gasteiger partial charge in [0.05, 0.1) is 16.1 Å². The summed E-state index contributed by atoms with van der Waals surface area (Å²) in [6.07, 6.45) is 0. The number of nitrogens with zero attached hydrogens (tertiary/aromatic N) is 1. The standard InChI is InChI=1S/C15H11Br2NO2/c1-8-5-11(17)14-12(6-8)18-15(20-14)9-3-4-13(19-2)10(16)7-9/h3-7H,1-2H3. The minimum atomic E-state index is 0.592. The van der Waals surface area contributed by atoms with Crippen molar-refractivity contribution in [1.82, 2.24) is 4.98 Å². The lowest BCUT2D eigenvalue weighted by Crippen LogP contribution is -1.85. The van der Waals surface area contributed by atoms with Gasteiger partial charge in [0.25, 0.3) is 0 Å². The molecule has 0 N–H and O–H groups in total. The maximum absolute atomic E-state index is 5.85. The van der Waals surface area contributed by atoms with Crippen LogP contribution in [0.1, 0.15) is 5.56 Å². The van der Waals surface area contributed by atoms with Gasteiger partial charge in [0.1, 0.15) is 11.3 Å². The fourth-order valence-corrected chi connectivity index (χ4v) is 3.23. The molecule has 20 heavy (non-hydrogen) atoms. The van der Waals surface area contributed by atoms with Gasteiger partial charge in [0.2, 0.25) is 5.89 Å². The number of hydrogen-bond acceptors (Lipinski definition) is 3. The highest BCUT2D eigenvalue weighted by Crippen LogP contribution is 2.33. The Morgan fingerprint density at radius 1 is 1.10 bits per heavy atom. The summed E-state index contributed by atoms with van der Waals surface area (Å²) < 4.78 is 12.9. The van der Waals surface area contributed by atoms with E-state index in [1.54, 1.807) is 7.11 Å². The van der Waals surface area contributed by atoms with E-state index in [-0.39, 0.29) is 0 Å². The van der Waals surface area contributed by atoms with Crippen molar-refractivity contribution < 1.29 is 9.15 Å². The molecule has 5 heteroatoms. The van der Waals surface area contributed by atoms with Crippen LogP contribution in [0.5, 0.6) is 5.75 Å². The molecule has 0 saturated carbocycles. The molecule has 3 rings (SSSR count). The molecule has 3 aromatic rings. The largest absolute Gasteiger partial charge is 0.496 e. The third kappa shape index (κ3) is 2.36. The number of rotatable bonds is 2. The first-order valence-electron chi connectivity index (χ1n) is 5.99. The summed E-state index contributed by atoms with van der Waals surface area (Å²) in [5, 5.41) is 0. The molecule has 1 heterocycles. The van der Waals surface area contributed by atoms with Gasteiger partial charge in [-0.15, -0.1) is 0 Å². The molecule has 102 valence electrons. The van der Waals surface area contributed by atoms with E-state index < -0.39 is 0 Å². The number of hydrogen-bond donors (Lipinski definition) is 0. The summed E-state index contributed by atoms with van der Waals surface area (Å²) in [7, 11) is 1.64. The molecule has 1 aromatic heterocycles. The fraction of sp³-hybridized carbons (Fsp3) is 0.133. The van der Waals surface area contributed by atoms with Crippen molar-refractivity contribution >= 4 is 43.0 Å². The molecule has 0 unspecified atom stereocenters. The topological polar surface area (TPSA) is 35.3 Å². The van der Waals surface area contributed by atoms with Crippen LogP contribution in [0.25, 0.3) is 22.6 Å². The van der Waals surface area contributed by atoms with Gasteiger partial charge in [-0.1, -0.05) is 0 Å². The summed E-state index contributed by atoms with van der Waals surface area (Å²) in [5.74, 6) is 1.37. The second kappa shape index (κ2) is 5.22. The molecule has 2 aromatic carbocycles. The molecule has 0 aliphatic carbocycles. The lowest BCUT2D eigenvalue weighted by molar-refractivity contribution is 0.412. The van der Waals surface area contributed by atoms with Gasteiger partial charge in [0.15, 0.2) is 5.58 Å². The van der Waals surface area contributed by atoms with E-state index in [4.69, 9.17) is 9.15 Å². The molecule has 0 saturated heterocycles. The van der Waals surface area contributed by atoms with E-state index in [0.717, 1.165) is 36.9 Å². The van der Waals surface area contributed by atoms with Crippen LogP contribution in [-0.4, -0.2) is 12.1 Å². The van der Waals surface area contributed by atoms with Crippen LogP contribution in [0.3, 0.4) is 0 Å². The Morgan fingerprint density at radius 3 is 2.60 bits per heavy atom. The molecule has 3 nitrogen and oxygen atoms in total. The van der Waals surface area contributed by atoms with E-state index >= 15 is 0 Å². The zero-order chi connectivity index (χ0) is 14.3. The number of benzene rings is 2. The van der Waals surface area contributed by atoms with Crippen molar-refractivity contribution in [2.75, 3.05) is 7.11 Å². The van der Waals surface area contributed by atoms with Gasteiger partial charge in [-0.3, -0.25) is 0 Å². The van der Waals surface area contributed by atoms with Crippen LogP contribution in [0, 0.1) is 6.92 Å². The number of aryl methyl sites for hydroxylation is 1. The van der Waals surface area contributed by atoms with Crippen molar-refractivity contribution in [2.24, 2.45) is 0 Å². The maximum Gasteiger partial charge on any atom is 0.227 e. The average Bonchev–Trinajstić information content (AvgIpc) is 2.82. The van der Waals surface area contributed by atoms with Gasteiger partial charge >= 0.3 is 0 Å². The molecule has 0 aliphatic heterocycles. The lowest BCUT2D eigenvalue weighted by atomic mass is 10.2. The average molecular weight is 397 g/mol. The summed E-state index contributed by atoms with van der Waals surface area (Å²) in [5.41, 5.74) is 3.65. The predicted octanol–water partition coefficient (Wildman–Crippen LogP) is 5.34. The number of methoxy groups -OCH3 is 1. The Labute approximate surface area is 133 Å². The van der Waals surface area contributed by atoms with Crippen molar-refractivity contribution in [2.45, 2.75) is 6.92 Å². The van der Waals surface area contributed by atoms with E-state index in [2.05, 4.69) is 36.8 Å². The van der Waals surface area contributed by atoms with Gasteiger partial charge in [0, 0.05) is 5.56 Å². The maximum atomic E-state index is 5.85. The minimum Gasteiger partial charge on any atom is -0.496 e. The van der Waals surface area contributed by atoms with Crippen molar-refractivity contribution in [3.63, 3.8) is 0 Å². The van der Waals surface area contributed by atoms with Gasteiger partial charge in [-0.25, -0.2) is 4.98 Å². The first-order chi connectivity index (χ1) is 9.58. The van der Waals surface area contributed by atoms with Gasteiger partial charge in [-0.2, -0.15) is 0 Å². The van der Waals surface area contributed by atoms with E-state index in [1.165, 1.54) is 0 Å². The summed E-state index contributed by atoms with van der Waals surface area (Å²) in [6.45, 7) is 2.03. The Bertz CT molecular complexity index is 796. The molecule has 0 bridgehead atoms. The number of halogens is 2. The number of fused-ring (bicyclic) bond motifs is 1. The number of aromatic nitrogens is 1. The molecule has 0 spiro atoms. The lowest BCUT2D eigenvalue weighted by Gasteiger charge is -2.03. The molecular formula is C15H11Br2NO2. The van der Waals surface area contributed by atoms with Crippen LogP contribution in [0.4, 0.5) is 0 Å². The number of oxazole rings is 1. The highest BCUT2D eigenvalue weighted by molar-refractivity contribution is 9.11. The van der Waals surface area contributed by atoms with Crippen molar-refractivity contribution in [3.05, 3.63) is 44.8 Å². The highest BCUT2D eigenvalue weighted by Gasteiger charge is 2.12. The van der Waals surface area contributed by atoms with Crippen LogP contribution in [0.15, 0.2) is 43.7 Å². The van der Waals surface area contributed by atoms with Crippen LogP contribution >= 0.6 is 31.9 Å². The molecule has 0 fully saturated rings.